The Morgan fingerprint density at radius 1 is 0.490 bits per heavy atom. The van der Waals surface area contributed by atoms with E-state index in [4.69, 9.17) is 22.1 Å². The molecule has 0 saturated carbocycles. The lowest BCUT2D eigenvalue weighted by Crippen LogP contribution is -2.17. The van der Waals surface area contributed by atoms with Crippen LogP contribution in [0.1, 0.15) is 178 Å². The number of hydrogen-bond acceptors (Lipinski definition) is 14. The van der Waals surface area contributed by atoms with Crippen LogP contribution in [-0.4, -0.2) is 62.9 Å². The number of Topliss-reactive ketones (excluding diaryl/α,β-unsaturated/α-hetero) is 2. The Kier molecular flexibility index (Phi) is 20.2. The number of aryl methyl sites for hydroxylation is 5. The summed E-state index contributed by atoms with van der Waals surface area (Å²) in [7, 11) is -2.05. The van der Waals surface area contributed by atoms with Gasteiger partial charge >= 0.3 is 0 Å². The molecule has 0 radical (unpaired) electrons. The Bertz CT molecular complexity index is 5340. The Morgan fingerprint density at radius 3 is 1.47 bits per heavy atom. The van der Waals surface area contributed by atoms with E-state index in [1.165, 1.54) is 52.8 Å². The first kappa shape index (κ1) is 73.3. The largest absolute Gasteiger partial charge is 0.399 e. The standard InChI is InChI=1S/C24H24N4O2S.C13H12N4.C11H13ClO2S.C11H11NO3.C11H15N.C11H12O/c1-16-14-23(28(26-16)22-8-4-7-21-19(22)6-5-13-25-21)27-31(29,30)18-9-10-20-17(15-18)11-12-24(20,2)3;1-9-8-13(14)17(16-9)12-6-2-5-11-10(12)4-3-7-15-11;1-11(2)6-5-8-7-9(15(12,13)14)3-4-10(8)11;1-11(2)6-10(13)8-5-7(12(14)15)3-4-9(8)11;1-11(2)6-5-8-7-9(12)3-4-10(8)11;1-11(2)7-10(12)8-5-3-4-6-9(8)11/h4-10,13-15,27H,11-12H2,1-3H3;2-8H,14H2,1H3;3-4,7H,5-6H2,1-2H3;3-5H,6H2,1-2H3;3-4,7H,5-6,12H2,1-2H3;3-6H,7H2,1-2H3. The van der Waals surface area contributed by atoms with E-state index in [0.717, 1.165) is 92.5 Å². The molecular formula is C81H87ClN10O8S2. The highest BCUT2D eigenvalue weighted by Crippen LogP contribution is 2.44. The van der Waals surface area contributed by atoms with E-state index in [0.29, 0.717) is 41.1 Å². The number of nitrogens with one attached hydrogen (secondary N) is 1. The highest BCUT2D eigenvalue weighted by atomic mass is 35.7. The molecule has 0 amide bonds. The maximum atomic E-state index is 13.3. The van der Waals surface area contributed by atoms with Gasteiger partial charge in [-0.05, 0) is 209 Å². The molecule has 7 aromatic carbocycles. The second-order valence-electron chi connectivity index (χ2n) is 30.1. The summed E-state index contributed by atoms with van der Waals surface area (Å²) >= 11 is 0. The first-order chi connectivity index (χ1) is 47.9. The number of non-ortho nitro benzene ring substituents is 1. The van der Waals surface area contributed by atoms with Crippen LogP contribution in [0.15, 0.2) is 192 Å². The minimum Gasteiger partial charge on any atom is -0.399 e. The number of carbonyl (C=O) groups is 2. The second kappa shape index (κ2) is 28.2. The number of pyridine rings is 2. The Morgan fingerprint density at radius 2 is 0.951 bits per heavy atom. The molecule has 4 heterocycles. The van der Waals surface area contributed by atoms with Crippen LogP contribution >= 0.6 is 10.7 Å². The normalized spacial score (nSPS) is 16.3. The number of aromatic nitrogens is 6. The number of nitro benzene ring substituents is 1. The van der Waals surface area contributed by atoms with E-state index in [9.17, 15) is 36.5 Å². The number of fused-ring (bicyclic) bond motifs is 7. The number of nitro groups is 1. The first-order valence-electron chi connectivity index (χ1n) is 34.1. The molecule has 0 fully saturated rings. The first-order valence-corrected chi connectivity index (χ1v) is 37.9. The van der Waals surface area contributed by atoms with Gasteiger partial charge in [0, 0.05) is 87.8 Å². The van der Waals surface area contributed by atoms with Crippen LogP contribution in [0, 0.1) is 24.0 Å². The quantitative estimate of drug-likeness (QED) is 0.0580. The predicted molar refractivity (Wildman–Crippen MR) is 407 cm³/mol. The van der Waals surface area contributed by atoms with E-state index in [-0.39, 0.29) is 48.7 Å². The summed E-state index contributed by atoms with van der Waals surface area (Å²) in [5, 5.41) is 21.4. The van der Waals surface area contributed by atoms with Crippen LogP contribution < -0.4 is 16.2 Å². The van der Waals surface area contributed by atoms with Crippen LogP contribution in [0.5, 0.6) is 0 Å². The third-order valence-corrected chi connectivity index (χ3v) is 22.9. The molecule has 0 aliphatic heterocycles. The second-order valence-corrected chi connectivity index (χ2v) is 34.4. The van der Waals surface area contributed by atoms with E-state index in [1.54, 1.807) is 52.1 Å². The lowest BCUT2D eigenvalue weighted by Gasteiger charge is -2.19. The summed E-state index contributed by atoms with van der Waals surface area (Å²) in [4.78, 5) is 42.4. The van der Waals surface area contributed by atoms with Crippen molar-refractivity contribution in [3.05, 3.63) is 259 Å². The number of carbonyl (C=O) groups excluding carboxylic acids is 2. The molecular weight excluding hydrogens is 1340 g/mol. The monoisotopic (exact) mass is 1430 g/mol. The summed E-state index contributed by atoms with van der Waals surface area (Å²) in [5.74, 6) is 1.32. The van der Waals surface area contributed by atoms with Crippen LogP contribution in [0.2, 0.25) is 0 Å². The molecule has 0 unspecified atom stereocenters. The van der Waals surface area contributed by atoms with Gasteiger partial charge in [0.15, 0.2) is 11.6 Å². The van der Waals surface area contributed by atoms with Crippen molar-refractivity contribution in [3.8, 4) is 11.4 Å². The fourth-order valence-corrected chi connectivity index (χ4v) is 16.5. The van der Waals surface area contributed by atoms with Gasteiger partial charge < -0.3 is 11.5 Å². The van der Waals surface area contributed by atoms with E-state index < -0.39 is 24.0 Å². The van der Waals surface area contributed by atoms with Crippen molar-refractivity contribution >= 4 is 86.1 Å². The molecule has 4 aromatic heterocycles. The van der Waals surface area contributed by atoms with Crippen molar-refractivity contribution in [2.75, 3.05) is 16.2 Å². The minimum absolute atomic E-state index is 0.00120. The number of anilines is 3. The van der Waals surface area contributed by atoms with Crippen LogP contribution in [0.3, 0.4) is 0 Å². The van der Waals surface area contributed by atoms with Crippen LogP contribution in [0.4, 0.5) is 23.0 Å². The van der Waals surface area contributed by atoms with Crippen molar-refractivity contribution in [3.63, 3.8) is 0 Å². The maximum Gasteiger partial charge on any atom is 0.270 e. The molecule has 528 valence electrons. The van der Waals surface area contributed by atoms with E-state index in [2.05, 4.69) is 98.5 Å². The van der Waals surface area contributed by atoms with Gasteiger partial charge in [-0.3, -0.25) is 34.4 Å². The van der Waals surface area contributed by atoms with E-state index in [1.807, 2.05) is 137 Å². The van der Waals surface area contributed by atoms with Crippen molar-refractivity contribution < 1.29 is 31.3 Å². The van der Waals surface area contributed by atoms with Crippen molar-refractivity contribution in [1.82, 2.24) is 29.5 Å². The zero-order chi connectivity index (χ0) is 73.6. The molecule has 102 heavy (non-hydrogen) atoms. The number of nitrogen functional groups attached to an aromatic ring is 2. The third kappa shape index (κ3) is 15.6. The predicted octanol–water partition coefficient (Wildman–Crippen LogP) is 17.4. The van der Waals surface area contributed by atoms with Gasteiger partial charge in [-0.1, -0.05) is 130 Å². The molecule has 5 aliphatic rings. The smallest absolute Gasteiger partial charge is 0.270 e. The summed E-state index contributed by atoms with van der Waals surface area (Å²) in [6.07, 6.45) is 11.0. The SMILES string of the molecule is CC1(C)CC(=O)c2cc([N+](=O)[O-])ccc21.CC1(C)CC(=O)c2ccccc21.CC1(C)CCc2cc(N)ccc21.CC1(C)CCc2cc(S(=O)(=O)Cl)ccc21.Cc1cc(N)n(-c2cccc3ncccc23)n1.Cc1cc(NS(=O)(=O)c2ccc3c(c2)CCC3(C)C)n(-c2cccc3ncccc23)n1. The number of sulfonamides is 1. The molecule has 21 heteroatoms. The molecule has 0 atom stereocenters. The number of benzene rings is 7. The summed E-state index contributed by atoms with van der Waals surface area (Å²) in [5.41, 5.74) is 29.3. The van der Waals surface area contributed by atoms with E-state index >= 15 is 0 Å². The highest BCUT2D eigenvalue weighted by Gasteiger charge is 2.38. The topological polar surface area (TPSA) is 271 Å². The van der Waals surface area contributed by atoms with Gasteiger partial charge in [-0.2, -0.15) is 10.2 Å². The maximum absolute atomic E-state index is 13.3. The van der Waals surface area contributed by atoms with Crippen LogP contribution in [0.25, 0.3) is 33.2 Å². The molecule has 0 bridgehead atoms. The van der Waals surface area contributed by atoms with Gasteiger partial charge in [0.25, 0.3) is 24.8 Å². The molecule has 18 nitrogen and oxygen atoms in total. The van der Waals surface area contributed by atoms with Gasteiger partial charge in [-0.15, -0.1) is 0 Å². The van der Waals surface area contributed by atoms with Crippen molar-refractivity contribution in [1.29, 1.82) is 0 Å². The van der Waals surface area contributed by atoms with Gasteiger partial charge in [0.2, 0.25) is 0 Å². The number of nitrogens with zero attached hydrogens (tertiary/aromatic N) is 7. The fraction of sp³-hybridized carbons (Fsp3) is 0.309. The lowest BCUT2D eigenvalue weighted by atomic mass is 9.86. The van der Waals surface area contributed by atoms with Crippen molar-refractivity contribution in [2.24, 2.45) is 0 Å². The number of halogens is 1. The molecule has 0 saturated heterocycles. The average molecular weight is 1430 g/mol. The number of rotatable bonds is 7. The number of hydrogen-bond donors (Lipinski definition) is 3. The van der Waals surface area contributed by atoms with Gasteiger partial charge in [-0.25, -0.2) is 26.2 Å². The van der Waals surface area contributed by atoms with Gasteiger partial charge in [0.05, 0.1) is 48.5 Å². The molecule has 16 rings (SSSR count). The lowest BCUT2D eigenvalue weighted by molar-refractivity contribution is -0.384. The molecule has 11 aromatic rings. The minimum atomic E-state index is -3.77. The molecule has 5 aliphatic carbocycles. The third-order valence-electron chi connectivity index (χ3n) is 20.2. The number of nitrogens with two attached hydrogens (primary N) is 2. The summed E-state index contributed by atoms with van der Waals surface area (Å²) in [6, 6.07) is 52.4. The average Bonchev–Trinajstić information content (AvgIpc) is 1.60. The van der Waals surface area contributed by atoms with Crippen LogP contribution in [-0.2, 0) is 65.4 Å². The van der Waals surface area contributed by atoms with Crippen molar-refractivity contribution in [2.45, 2.75) is 171 Å². The summed E-state index contributed by atoms with van der Waals surface area (Å²) in [6.45, 7) is 25.3. The van der Waals surface area contributed by atoms with Gasteiger partial charge in [0.1, 0.15) is 11.6 Å². The zero-order valence-electron chi connectivity index (χ0n) is 59.7. The molecule has 5 N–H and O–H groups in total. The summed E-state index contributed by atoms with van der Waals surface area (Å²) < 4.78 is 55.0. The Balaban J connectivity index is 0.000000128. The number of ketones is 2. The molecule has 0 spiro atoms. The Hall–Kier alpha value is -9.89. The highest BCUT2D eigenvalue weighted by molar-refractivity contribution is 8.13. The zero-order valence-corrected chi connectivity index (χ0v) is 62.1. The fourth-order valence-electron chi connectivity index (χ4n) is 14.6. The Labute approximate surface area is 601 Å².